The fourth-order valence-electron chi connectivity index (χ4n) is 3.52. The molecule has 9 heteroatoms. The Morgan fingerprint density at radius 2 is 1.90 bits per heavy atom. The van der Waals surface area contributed by atoms with Gasteiger partial charge in [-0.15, -0.1) is 0 Å². The molecule has 0 bridgehead atoms. The minimum Gasteiger partial charge on any atom is -0.466 e. The van der Waals surface area contributed by atoms with Gasteiger partial charge in [0.15, 0.2) is 0 Å². The lowest BCUT2D eigenvalue weighted by atomic mass is 9.97. The molecule has 0 spiro atoms. The summed E-state index contributed by atoms with van der Waals surface area (Å²) >= 11 is 0. The van der Waals surface area contributed by atoms with E-state index in [2.05, 4.69) is 4.72 Å². The Bertz CT molecular complexity index is 1070. The predicted molar refractivity (Wildman–Crippen MR) is 114 cm³/mol. The summed E-state index contributed by atoms with van der Waals surface area (Å²) in [5, 5.41) is 0. The van der Waals surface area contributed by atoms with Crippen LogP contribution in [-0.2, 0) is 19.6 Å². The van der Waals surface area contributed by atoms with Crippen LogP contribution in [-0.4, -0.2) is 44.9 Å². The number of ether oxygens (including phenoxy) is 1. The number of hydrogen-bond donors (Lipinski definition) is 1. The third kappa shape index (κ3) is 5.41. The Morgan fingerprint density at radius 1 is 1.19 bits per heavy atom. The van der Waals surface area contributed by atoms with E-state index in [4.69, 9.17) is 4.74 Å². The van der Waals surface area contributed by atoms with E-state index in [9.17, 15) is 22.4 Å². The average molecular weight is 449 g/mol. The lowest BCUT2D eigenvalue weighted by Gasteiger charge is -2.32. The second-order valence-electron chi connectivity index (χ2n) is 7.43. The summed E-state index contributed by atoms with van der Waals surface area (Å²) in [6.45, 7) is 4.47. The Kier molecular flexibility index (Phi) is 6.94. The lowest BCUT2D eigenvalue weighted by Crippen LogP contribution is -2.43. The van der Waals surface area contributed by atoms with Crippen LogP contribution in [0.3, 0.4) is 0 Å². The van der Waals surface area contributed by atoms with Crippen LogP contribution in [0.4, 0.5) is 10.1 Å². The Labute approximate surface area is 181 Å². The van der Waals surface area contributed by atoms with Crippen molar-refractivity contribution in [2.45, 2.75) is 31.6 Å². The van der Waals surface area contributed by atoms with Gasteiger partial charge in [-0.25, -0.2) is 12.8 Å². The minimum atomic E-state index is -3.98. The van der Waals surface area contributed by atoms with Crippen LogP contribution in [0.1, 0.15) is 35.7 Å². The zero-order valence-electron chi connectivity index (χ0n) is 17.4. The van der Waals surface area contributed by atoms with E-state index in [1.165, 1.54) is 24.3 Å². The van der Waals surface area contributed by atoms with E-state index in [1.807, 2.05) is 0 Å². The van der Waals surface area contributed by atoms with Crippen molar-refractivity contribution in [2.24, 2.45) is 5.92 Å². The smallest absolute Gasteiger partial charge is 0.310 e. The van der Waals surface area contributed by atoms with Gasteiger partial charge in [0.1, 0.15) is 5.82 Å². The third-order valence-corrected chi connectivity index (χ3v) is 6.55. The van der Waals surface area contributed by atoms with E-state index in [-0.39, 0.29) is 47.1 Å². The van der Waals surface area contributed by atoms with E-state index < -0.39 is 15.8 Å². The second-order valence-corrected chi connectivity index (χ2v) is 9.11. The summed E-state index contributed by atoms with van der Waals surface area (Å²) in [5.74, 6) is -1.51. The van der Waals surface area contributed by atoms with Crippen molar-refractivity contribution in [2.75, 3.05) is 24.4 Å². The summed E-state index contributed by atoms with van der Waals surface area (Å²) < 4.78 is 46.1. The van der Waals surface area contributed by atoms with Gasteiger partial charge in [-0.1, -0.05) is 6.07 Å². The quantitative estimate of drug-likeness (QED) is 0.684. The number of piperidine rings is 1. The number of amides is 1. The van der Waals surface area contributed by atoms with Gasteiger partial charge in [-0.05, 0) is 68.7 Å². The van der Waals surface area contributed by atoms with Crippen LogP contribution in [0.25, 0.3) is 0 Å². The first-order valence-corrected chi connectivity index (χ1v) is 11.5. The van der Waals surface area contributed by atoms with Crippen molar-refractivity contribution >= 4 is 27.6 Å². The van der Waals surface area contributed by atoms with Gasteiger partial charge in [0.25, 0.3) is 15.9 Å². The van der Waals surface area contributed by atoms with Gasteiger partial charge < -0.3 is 9.64 Å². The van der Waals surface area contributed by atoms with Crippen molar-refractivity contribution in [3.05, 3.63) is 59.4 Å². The van der Waals surface area contributed by atoms with Crippen molar-refractivity contribution in [1.29, 1.82) is 0 Å². The monoisotopic (exact) mass is 448 g/mol. The summed E-state index contributed by atoms with van der Waals surface area (Å²) in [6, 6.07) is 9.25. The molecule has 0 radical (unpaired) electrons. The highest BCUT2D eigenvalue weighted by atomic mass is 32.2. The largest absolute Gasteiger partial charge is 0.466 e. The fourth-order valence-corrected chi connectivity index (χ4v) is 4.60. The molecular formula is C22H25FN2O5S. The maximum atomic E-state index is 13.1. The highest BCUT2D eigenvalue weighted by Gasteiger charge is 2.30. The topological polar surface area (TPSA) is 92.8 Å². The normalized spacial score (nSPS) is 16.6. The number of benzene rings is 2. The maximum Gasteiger partial charge on any atom is 0.310 e. The van der Waals surface area contributed by atoms with Crippen LogP contribution in [0, 0.1) is 18.7 Å². The SMILES string of the molecule is CCOC(=O)[C@H]1CCCN(C(=O)c2cc(S(=O)(=O)Nc3ccc(F)cc3)ccc2C)C1. The number of sulfonamides is 1. The molecule has 1 aliphatic rings. The molecule has 7 nitrogen and oxygen atoms in total. The number of nitrogens with zero attached hydrogens (tertiary/aromatic N) is 1. The predicted octanol–water partition coefficient (Wildman–Crippen LogP) is 3.35. The van der Waals surface area contributed by atoms with Crippen LogP contribution in [0.15, 0.2) is 47.4 Å². The van der Waals surface area contributed by atoms with Crippen molar-refractivity contribution in [3.8, 4) is 0 Å². The third-order valence-electron chi connectivity index (χ3n) is 5.17. The number of hydrogen-bond acceptors (Lipinski definition) is 5. The molecule has 1 N–H and O–H groups in total. The summed E-state index contributed by atoms with van der Waals surface area (Å²) in [6.07, 6.45) is 1.32. The van der Waals surface area contributed by atoms with Crippen molar-refractivity contribution in [3.63, 3.8) is 0 Å². The molecule has 1 saturated heterocycles. The van der Waals surface area contributed by atoms with E-state index >= 15 is 0 Å². The zero-order chi connectivity index (χ0) is 22.6. The number of nitrogens with one attached hydrogen (secondary N) is 1. The number of aryl methyl sites for hydroxylation is 1. The molecule has 31 heavy (non-hydrogen) atoms. The van der Waals surface area contributed by atoms with Gasteiger partial charge >= 0.3 is 5.97 Å². The summed E-state index contributed by atoms with van der Waals surface area (Å²) in [5.41, 5.74) is 1.10. The molecule has 2 aromatic carbocycles. The van der Waals surface area contributed by atoms with Crippen LogP contribution in [0.2, 0.25) is 0 Å². The number of likely N-dealkylation sites (tertiary alicyclic amines) is 1. The van der Waals surface area contributed by atoms with Gasteiger partial charge in [-0.2, -0.15) is 0 Å². The molecule has 0 saturated carbocycles. The number of carbonyl (C=O) groups is 2. The van der Waals surface area contributed by atoms with Crippen molar-refractivity contribution in [1.82, 2.24) is 4.90 Å². The van der Waals surface area contributed by atoms with E-state index in [0.29, 0.717) is 24.9 Å². The lowest BCUT2D eigenvalue weighted by molar-refractivity contribution is -0.149. The second kappa shape index (κ2) is 9.47. The first-order chi connectivity index (χ1) is 14.7. The van der Waals surface area contributed by atoms with E-state index in [1.54, 1.807) is 24.8 Å². The van der Waals surface area contributed by atoms with Gasteiger partial charge in [0.05, 0.1) is 17.4 Å². The molecule has 1 amide bonds. The van der Waals surface area contributed by atoms with Crippen molar-refractivity contribution < 1.29 is 27.1 Å². The molecule has 1 atom stereocenters. The molecular weight excluding hydrogens is 423 g/mol. The number of rotatable bonds is 6. The number of halogens is 1. The number of anilines is 1. The van der Waals surface area contributed by atoms with Gasteiger partial charge in [0, 0.05) is 24.3 Å². The molecule has 1 fully saturated rings. The van der Waals surface area contributed by atoms with Gasteiger partial charge in [-0.3, -0.25) is 14.3 Å². The molecule has 1 heterocycles. The standard InChI is InChI=1S/C22H25FN2O5S/c1-3-30-22(27)16-5-4-12-25(14-16)21(26)20-13-19(11-6-15(20)2)31(28,29)24-18-9-7-17(23)8-10-18/h6-11,13,16,24H,3-5,12,14H2,1-2H3/t16-/m0/s1. The Balaban J connectivity index is 1.82. The Hall–Kier alpha value is -2.94. The molecule has 0 aliphatic carbocycles. The molecule has 0 unspecified atom stereocenters. The first kappa shape index (κ1) is 22.7. The number of esters is 1. The maximum absolute atomic E-state index is 13.1. The first-order valence-electron chi connectivity index (χ1n) is 10.1. The molecule has 0 aromatic heterocycles. The average Bonchev–Trinajstić information content (AvgIpc) is 2.75. The zero-order valence-corrected chi connectivity index (χ0v) is 18.2. The van der Waals surface area contributed by atoms with Crippen LogP contribution < -0.4 is 4.72 Å². The number of carbonyl (C=O) groups excluding carboxylic acids is 2. The molecule has 1 aliphatic heterocycles. The summed E-state index contributed by atoms with van der Waals surface area (Å²) in [7, 11) is -3.98. The summed E-state index contributed by atoms with van der Waals surface area (Å²) in [4.78, 5) is 26.7. The van der Waals surface area contributed by atoms with Crippen LogP contribution in [0.5, 0.6) is 0 Å². The molecule has 3 rings (SSSR count). The highest BCUT2D eigenvalue weighted by molar-refractivity contribution is 7.92. The molecule has 2 aromatic rings. The fraction of sp³-hybridized carbons (Fsp3) is 0.364. The van der Waals surface area contributed by atoms with Crippen LogP contribution >= 0.6 is 0 Å². The Morgan fingerprint density at radius 3 is 2.58 bits per heavy atom. The van der Waals surface area contributed by atoms with Gasteiger partial charge in [0.2, 0.25) is 0 Å². The molecule has 166 valence electrons. The minimum absolute atomic E-state index is 0.0790. The highest BCUT2D eigenvalue weighted by Crippen LogP contribution is 2.24. The van der Waals surface area contributed by atoms with E-state index in [0.717, 1.165) is 12.1 Å².